The van der Waals surface area contributed by atoms with E-state index in [2.05, 4.69) is 36.0 Å². The molecular formula is C22H30ClN5O2S. The zero-order chi connectivity index (χ0) is 21.1. The van der Waals surface area contributed by atoms with E-state index in [-0.39, 0.29) is 18.3 Å². The van der Waals surface area contributed by atoms with Gasteiger partial charge in [-0.3, -0.25) is 19.3 Å². The topological polar surface area (TPSA) is 63.5 Å². The molecule has 9 heteroatoms. The summed E-state index contributed by atoms with van der Waals surface area (Å²) in [6, 6.07) is 6.01. The summed E-state index contributed by atoms with van der Waals surface area (Å²) in [5.41, 5.74) is 3.84. The lowest BCUT2D eigenvalue weighted by Crippen LogP contribution is -2.39. The third-order valence-corrected chi connectivity index (χ3v) is 6.74. The molecule has 2 aromatic heterocycles. The molecule has 0 aliphatic carbocycles. The first-order valence-corrected chi connectivity index (χ1v) is 11.4. The zero-order valence-electron chi connectivity index (χ0n) is 18.3. The van der Waals surface area contributed by atoms with Crippen LogP contribution in [0.4, 0.5) is 5.13 Å². The minimum Gasteiger partial charge on any atom is -0.379 e. The number of anilines is 1. The van der Waals surface area contributed by atoms with Gasteiger partial charge in [-0.05, 0) is 50.5 Å². The second-order valence-corrected chi connectivity index (χ2v) is 8.68. The molecule has 0 saturated carbocycles. The Morgan fingerprint density at radius 1 is 1.23 bits per heavy atom. The summed E-state index contributed by atoms with van der Waals surface area (Å²) < 4.78 is 8.33. The lowest BCUT2D eigenvalue weighted by atomic mass is 10.1. The van der Waals surface area contributed by atoms with Crippen molar-refractivity contribution in [1.29, 1.82) is 0 Å². The smallest absolute Gasteiger partial charge is 0.280 e. The van der Waals surface area contributed by atoms with Crippen LogP contribution in [-0.4, -0.2) is 65.0 Å². The van der Waals surface area contributed by atoms with Gasteiger partial charge in [0.25, 0.3) is 5.91 Å². The molecule has 0 spiro atoms. The molecule has 0 unspecified atom stereocenters. The predicted octanol–water partition coefficient (Wildman–Crippen LogP) is 3.92. The summed E-state index contributed by atoms with van der Waals surface area (Å²) in [5.74, 6) is -0.0855. The van der Waals surface area contributed by atoms with Gasteiger partial charge in [0.05, 0.1) is 23.4 Å². The fraction of sp³-hybridized carbons (Fsp3) is 0.500. The van der Waals surface area contributed by atoms with Crippen molar-refractivity contribution in [2.24, 2.45) is 0 Å². The number of aryl methyl sites for hydroxylation is 3. The number of aromatic nitrogens is 3. The third-order valence-electron chi connectivity index (χ3n) is 5.69. The van der Waals surface area contributed by atoms with Crippen molar-refractivity contribution in [2.45, 2.75) is 33.7 Å². The fourth-order valence-electron chi connectivity index (χ4n) is 3.68. The van der Waals surface area contributed by atoms with E-state index in [9.17, 15) is 4.79 Å². The zero-order valence-corrected chi connectivity index (χ0v) is 20.0. The number of halogens is 1. The Hall–Kier alpha value is -2.00. The monoisotopic (exact) mass is 463 g/mol. The van der Waals surface area contributed by atoms with Crippen LogP contribution >= 0.6 is 23.7 Å². The first kappa shape index (κ1) is 23.7. The molecule has 1 aliphatic heterocycles. The van der Waals surface area contributed by atoms with Crippen molar-refractivity contribution >= 4 is 45.0 Å². The van der Waals surface area contributed by atoms with Crippen LogP contribution < -0.4 is 4.90 Å². The van der Waals surface area contributed by atoms with Crippen LogP contribution in [0.1, 0.15) is 35.0 Å². The van der Waals surface area contributed by atoms with Crippen LogP contribution in [0.15, 0.2) is 24.4 Å². The number of carbonyl (C=O) groups is 1. The van der Waals surface area contributed by atoms with Gasteiger partial charge in [0, 0.05) is 38.9 Å². The van der Waals surface area contributed by atoms with Crippen molar-refractivity contribution in [3.8, 4) is 0 Å². The number of amides is 1. The van der Waals surface area contributed by atoms with E-state index < -0.39 is 0 Å². The summed E-state index contributed by atoms with van der Waals surface area (Å²) in [7, 11) is 0. The van der Waals surface area contributed by atoms with Gasteiger partial charge in [0.15, 0.2) is 10.8 Å². The van der Waals surface area contributed by atoms with Crippen LogP contribution in [-0.2, 0) is 11.3 Å². The van der Waals surface area contributed by atoms with Gasteiger partial charge in [-0.1, -0.05) is 17.4 Å². The maximum Gasteiger partial charge on any atom is 0.280 e. The van der Waals surface area contributed by atoms with Crippen molar-refractivity contribution in [1.82, 2.24) is 19.7 Å². The molecule has 1 amide bonds. The first-order chi connectivity index (χ1) is 14.6. The second kappa shape index (κ2) is 10.5. The summed E-state index contributed by atoms with van der Waals surface area (Å²) in [4.78, 5) is 22.4. The highest BCUT2D eigenvalue weighted by Crippen LogP contribution is 2.32. The minimum atomic E-state index is -0.0855. The molecule has 1 aliphatic rings. The van der Waals surface area contributed by atoms with Crippen molar-refractivity contribution in [2.75, 3.05) is 44.3 Å². The fourth-order valence-corrected chi connectivity index (χ4v) is 4.73. The van der Waals surface area contributed by atoms with E-state index in [1.54, 1.807) is 22.1 Å². The van der Waals surface area contributed by atoms with Gasteiger partial charge in [-0.25, -0.2) is 4.98 Å². The number of hydrogen-bond acceptors (Lipinski definition) is 6. The molecule has 4 rings (SSSR count). The summed E-state index contributed by atoms with van der Waals surface area (Å²) in [6.45, 7) is 12.0. The van der Waals surface area contributed by atoms with Crippen LogP contribution in [0, 0.1) is 13.8 Å². The SMILES string of the molecule is CCn1ccc(C(=O)N(CCCN2CCOCC2)c2nc3c(C)c(C)ccc3s2)n1.Cl. The van der Waals surface area contributed by atoms with E-state index in [4.69, 9.17) is 9.72 Å². The Labute approximate surface area is 193 Å². The molecule has 168 valence electrons. The Morgan fingerprint density at radius 3 is 2.71 bits per heavy atom. The Morgan fingerprint density at radius 2 is 2.00 bits per heavy atom. The highest BCUT2D eigenvalue weighted by Gasteiger charge is 2.24. The molecule has 31 heavy (non-hydrogen) atoms. The van der Waals surface area contributed by atoms with Crippen molar-refractivity contribution in [3.05, 3.63) is 41.2 Å². The first-order valence-electron chi connectivity index (χ1n) is 10.6. The second-order valence-electron chi connectivity index (χ2n) is 7.67. The van der Waals surface area contributed by atoms with Crippen LogP contribution in [0.2, 0.25) is 0 Å². The van der Waals surface area contributed by atoms with Gasteiger partial charge >= 0.3 is 0 Å². The maximum absolute atomic E-state index is 13.4. The lowest BCUT2D eigenvalue weighted by Gasteiger charge is -2.27. The molecule has 0 atom stereocenters. The molecule has 3 aromatic rings. The van der Waals surface area contributed by atoms with Crippen LogP contribution in [0.25, 0.3) is 10.2 Å². The van der Waals surface area contributed by atoms with Crippen molar-refractivity contribution < 1.29 is 9.53 Å². The van der Waals surface area contributed by atoms with E-state index in [0.29, 0.717) is 12.2 Å². The quantitative estimate of drug-likeness (QED) is 0.531. The van der Waals surface area contributed by atoms with Gasteiger partial charge in [-0.15, -0.1) is 12.4 Å². The molecule has 0 radical (unpaired) electrons. The van der Waals surface area contributed by atoms with Gasteiger partial charge < -0.3 is 4.74 Å². The van der Waals surface area contributed by atoms with Crippen molar-refractivity contribution in [3.63, 3.8) is 0 Å². The number of carbonyl (C=O) groups excluding carboxylic acids is 1. The van der Waals surface area contributed by atoms with E-state index in [0.717, 1.165) is 61.2 Å². The molecule has 1 saturated heterocycles. The molecule has 7 nitrogen and oxygen atoms in total. The number of morpholine rings is 1. The largest absolute Gasteiger partial charge is 0.379 e. The highest BCUT2D eigenvalue weighted by atomic mass is 35.5. The molecule has 3 heterocycles. The number of benzene rings is 1. The number of ether oxygens (including phenoxy) is 1. The van der Waals surface area contributed by atoms with E-state index >= 15 is 0 Å². The maximum atomic E-state index is 13.4. The summed E-state index contributed by atoms with van der Waals surface area (Å²) in [5, 5.41) is 5.18. The number of nitrogens with zero attached hydrogens (tertiary/aromatic N) is 5. The van der Waals surface area contributed by atoms with E-state index in [1.165, 1.54) is 11.1 Å². The third kappa shape index (κ3) is 5.26. The summed E-state index contributed by atoms with van der Waals surface area (Å²) in [6.07, 6.45) is 2.74. The minimum absolute atomic E-state index is 0. The molecule has 1 fully saturated rings. The standard InChI is InChI=1S/C22H29N5O2S.ClH/c1-4-26-11-8-18(24-26)21(28)27(10-5-9-25-12-14-29-15-13-25)22-23-20-17(3)16(2)6-7-19(20)30-22;/h6-8,11H,4-5,9-10,12-15H2,1-3H3;1H. The number of hydrogen-bond donors (Lipinski definition) is 0. The molecule has 1 aromatic carbocycles. The average Bonchev–Trinajstić information content (AvgIpc) is 3.42. The van der Waals surface area contributed by atoms with Crippen LogP contribution in [0.3, 0.4) is 0 Å². The summed E-state index contributed by atoms with van der Waals surface area (Å²) >= 11 is 1.58. The van der Waals surface area contributed by atoms with Crippen LogP contribution in [0.5, 0.6) is 0 Å². The predicted molar refractivity (Wildman–Crippen MR) is 128 cm³/mol. The Bertz CT molecular complexity index is 1030. The molecule has 0 N–H and O–H groups in total. The number of rotatable bonds is 7. The Balaban J connectivity index is 0.00000272. The number of thiazole rings is 1. The highest BCUT2D eigenvalue weighted by molar-refractivity contribution is 7.22. The van der Waals surface area contributed by atoms with Gasteiger partial charge in [0.2, 0.25) is 0 Å². The lowest BCUT2D eigenvalue weighted by molar-refractivity contribution is 0.0376. The average molecular weight is 464 g/mol. The molecular weight excluding hydrogens is 434 g/mol. The van der Waals surface area contributed by atoms with Gasteiger partial charge in [0.1, 0.15) is 0 Å². The Kier molecular flexibility index (Phi) is 8.05. The van der Waals surface area contributed by atoms with Gasteiger partial charge in [-0.2, -0.15) is 5.10 Å². The molecule has 0 bridgehead atoms. The normalized spacial score (nSPS) is 14.5. The van der Waals surface area contributed by atoms with E-state index in [1.807, 2.05) is 18.0 Å². The number of fused-ring (bicyclic) bond motifs is 1.